The summed E-state index contributed by atoms with van der Waals surface area (Å²) in [5.74, 6) is 0.215. The van der Waals surface area contributed by atoms with Gasteiger partial charge < -0.3 is 14.4 Å². The highest BCUT2D eigenvalue weighted by atomic mass is 16.6. The number of hydrogen-bond acceptors (Lipinski definition) is 4. The normalized spacial score (nSPS) is 18.2. The largest absolute Gasteiger partial charge is 0.457 e. The smallest absolute Gasteiger partial charge is 0.410 e. The molecule has 0 spiro atoms. The van der Waals surface area contributed by atoms with Gasteiger partial charge in [0.1, 0.15) is 12.2 Å². The van der Waals surface area contributed by atoms with Crippen LogP contribution in [-0.4, -0.2) is 35.7 Å². The maximum Gasteiger partial charge on any atom is 0.410 e. The second-order valence-corrected chi connectivity index (χ2v) is 8.05. The van der Waals surface area contributed by atoms with Crippen LogP contribution in [0.25, 0.3) is 6.08 Å². The van der Waals surface area contributed by atoms with Crippen molar-refractivity contribution < 1.29 is 19.1 Å². The molecule has 1 aromatic rings. The minimum atomic E-state index is -0.454. The lowest BCUT2D eigenvalue weighted by molar-refractivity contribution is 0.0197. The van der Waals surface area contributed by atoms with Crippen molar-refractivity contribution in [2.45, 2.75) is 52.7 Å². The van der Waals surface area contributed by atoms with Gasteiger partial charge in [-0.3, -0.25) is 0 Å². The number of cyclic esters (lactones) is 1. The molecule has 2 aliphatic heterocycles. The summed E-state index contributed by atoms with van der Waals surface area (Å²) in [5.41, 5.74) is 3.46. The molecular formula is C21H27NO4. The van der Waals surface area contributed by atoms with Crippen LogP contribution in [0, 0.1) is 12.8 Å². The molecule has 1 fully saturated rings. The van der Waals surface area contributed by atoms with Crippen molar-refractivity contribution in [2.75, 3.05) is 13.1 Å². The quantitative estimate of drug-likeness (QED) is 0.740. The fourth-order valence-electron chi connectivity index (χ4n) is 3.39. The van der Waals surface area contributed by atoms with Gasteiger partial charge in [0, 0.05) is 18.7 Å². The first-order valence-electron chi connectivity index (χ1n) is 9.20. The molecule has 1 saturated heterocycles. The van der Waals surface area contributed by atoms with Crippen LogP contribution in [0.1, 0.15) is 60.7 Å². The molecule has 0 aliphatic carbocycles. The molecule has 0 bridgehead atoms. The number of carbonyl (C=O) groups excluding carboxylic acids is 2. The second kappa shape index (κ2) is 7.14. The summed E-state index contributed by atoms with van der Waals surface area (Å²) >= 11 is 0. The summed E-state index contributed by atoms with van der Waals surface area (Å²) in [5, 5.41) is 0. The molecule has 5 nitrogen and oxygen atoms in total. The predicted octanol–water partition coefficient (Wildman–Crippen LogP) is 4.33. The molecule has 1 amide bonds. The monoisotopic (exact) mass is 357 g/mol. The van der Waals surface area contributed by atoms with E-state index in [1.807, 2.05) is 39.8 Å². The molecule has 5 heteroatoms. The second-order valence-electron chi connectivity index (χ2n) is 8.05. The molecule has 0 atom stereocenters. The Bertz CT molecular complexity index is 737. The first-order chi connectivity index (χ1) is 12.2. The van der Waals surface area contributed by atoms with Crippen LogP contribution in [0.15, 0.2) is 18.2 Å². The summed E-state index contributed by atoms with van der Waals surface area (Å²) in [6.45, 7) is 9.50. The molecule has 0 N–H and O–H groups in total. The van der Waals surface area contributed by atoms with Gasteiger partial charge in [-0.1, -0.05) is 18.2 Å². The number of rotatable bonds is 2. The van der Waals surface area contributed by atoms with E-state index < -0.39 is 5.60 Å². The summed E-state index contributed by atoms with van der Waals surface area (Å²) in [6, 6.07) is 3.83. The maximum absolute atomic E-state index is 12.1. The zero-order chi connectivity index (χ0) is 18.9. The van der Waals surface area contributed by atoms with Crippen molar-refractivity contribution in [2.24, 2.45) is 5.92 Å². The van der Waals surface area contributed by atoms with Gasteiger partial charge in [-0.15, -0.1) is 0 Å². The Labute approximate surface area is 155 Å². The van der Waals surface area contributed by atoms with Gasteiger partial charge in [0.25, 0.3) is 0 Å². The molecule has 0 aromatic heterocycles. The highest BCUT2D eigenvalue weighted by Gasteiger charge is 2.26. The number of likely N-dealkylation sites (tertiary alicyclic amines) is 1. The van der Waals surface area contributed by atoms with Gasteiger partial charge in [0.15, 0.2) is 0 Å². The number of hydrogen-bond donors (Lipinski definition) is 0. The standard InChI is InChI=1S/C21H27NO4/c1-14-16(7-8-17-18(14)13-25-19(17)23)6-5-15-9-11-22(12-10-15)20(24)26-21(2,3)4/h5-8,15H,9-13H2,1-4H3/b6-5+. The SMILES string of the molecule is Cc1c(/C=C/C2CCN(C(=O)OC(C)(C)C)CC2)ccc2c1COC2=O. The van der Waals surface area contributed by atoms with E-state index in [1.54, 1.807) is 4.90 Å². The lowest BCUT2D eigenvalue weighted by Crippen LogP contribution is -2.41. The van der Waals surface area contributed by atoms with Crippen molar-refractivity contribution >= 4 is 18.1 Å². The van der Waals surface area contributed by atoms with Gasteiger partial charge in [-0.2, -0.15) is 0 Å². The zero-order valence-corrected chi connectivity index (χ0v) is 16.0. The van der Waals surface area contributed by atoms with Crippen LogP contribution in [0.3, 0.4) is 0 Å². The van der Waals surface area contributed by atoms with Crippen LogP contribution in [-0.2, 0) is 16.1 Å². The predicted molar refractivity (Wildman–Crippen MR) is 99.9 cm³/mol. The average Bonchev–Trinajstić information content (AvgIpc) is 2.95. The molecule has 2 heterocycles. The summed E-state index contributed by atoms with van der Waals surface area (Å²) in [4.78, 5) is 25.5. The van der Waals surface area contributed by atoms with Crippen LogP contribution < -0.4 is 0 Å². The number of fused-ring (bicyclic) bond motifs is 1. The number of amides is 1. The van der Waals surface area contributed by atoms with Crippen molar-refractivity contribution in [1.29, 1.82) is 0 Å². The van der Waals surface area contributed by atoms with E-state index in [1.165, 1.54) is 0 Å². The number of esters is 1. The van der Waals surface area contributed by atoms with E-state index >= 15 is 0 Å². The summed E-state index contributed by atoms with van der Waals surface area (Å²) in [6.07, 6.45) is 5.99. The van der Waals surface area contributed by atoms with E-state index in [0.29, 0.717) is 18.1 Å². The molecule has 3 rings (SSSR count). The number of piperidine rings is 1. The van der Waals surface area contributed by atoms with Crippen LogP contribution in [0.4, 0.5) is 4.79 Å². The lowest BCUT2D eigenvalue weighted by atomic mass is 9.93. The fraction of sp³-hybridized carbons (Fsp3) is 0.524. The van der Waals surface area contributed by atoms with Gasteiger partial charge in [-0.25, -0.2) is 9.59 Å². The van der Waals surface area contributed by atoms with Gasteiger partial charge in [0.05, 0.1) is 5.56 Å². The zero-order valence-electron chi connectivity index (χ0n) is 16.0. The minimum absolute atomic E-state index is 0.223. The number of allylic oxidation sites excluding steroid dienone is 1. The Kier molecular flexibility index (Phi) is 5.08. The first kappa shape index (κ1) is 18.5. The Morgan fingerprint density at radius 1 is 1.27 bits per heavy atom. The molecule has 0 saturated carbocycles. The third-order valence-corrected chi connectivity index (χ3v) is 4.95. The molecule has 26 heavy (non-hydrogen) atoms. The van der Waals surface area contributed by atoms with Crippen LogP contribution in [0.2, 0.25) is 0 Å². The van der Waals surface area contributed by atoms with Crippen molar-refractivity contribution in [1.82, 2.24) is 4.90 Å². The van der Waals surface area contributed by atoms with E-state index in [0.717, 1.165) is 42.6 Å². The Hall–Kier alpha value is -2.30. The number of ether oxygens (including phenoxy) is 2. The molecular weight excluding hydrogens is 330 g/mol. The molecule has 0 unspecified atom stereocenters. The highest BCUT2D eigenvalue weighted by Crippen LogP contribution is 2.28. The van der Waals surface area contributed by atoms with E-state index in [2.05, 4.69) is 12.2 Å². The summed E-state index contributed by atoms with van der Waals surface area (Å²) < 4.78 is 10.5. The van der Waals surface area contributed by atoms with Crippen molar-refractivity contribution in [3.8, 4) is 0 Å². The van der Waals surface area contributed by atoms with Gasteiger partial charge in [-0.05, 0) is 63.6 Å². The van der Waals surface area contributed by atoms with E-state index in [4.69, 9.17) is 9.47 Å². The molecule has 1 aromatic carbocycles. The topological polar surface area (TPSA) is 55.8 Å². The average molecular weight is 357 g/mol. The third kappa shape index (κ3) is 4.09. The van der Waals surface area contributed by atoms with Gasteiger partial charge >= 0.3 is 12.1 Å². The fourth-order valence-corrected chi connectivity index (χ4v) is 3.39. The Balaban J connectivity index is 1.58. The maximum atomic E-state index is 12.1. The lowest BCUT2D eigenvalue weighted by Gasteiger charge is -2.32. The number of carbonyl (C=O) groups is 2. The first-order valence-corrected chi connectivity index (χ1v) is 9.20. The third-order valence-electron chi connectivity index (χ3n) is 4.95. The summed E-state index contributed by atoms with van der Waals surface area (Å²) in [7, 11) is 0. The van der Waals surface area contributed by atoms with Crippen molar-refractivity contribution in [3.05, 3.63) is 40.5 Å². The van der Waals surface area contributed by atoms with Crippen LogP contribution >= 0.6 is 0 Å². The minimum Gasteiger partial charge on any atom is -0.457 e. The molecule has 140 valence electrons. The number of benzene rings is 1. The molecule has 2 aliphatic rings. The Morgan fingerprint density at radius 3 is 2.62 bits per heavy atom. The van der Waals surface area contributed by atoms with E-state index in [9.17, 15) is 9.59 Å². The molecule has 0 radical (unpaired) electrons. The number of nitrogens with zero attached hydrogens (tertiary/aromatic N) is 1. The van der Waals surface area contributed by atoms with E-state index in [-0.39, 0.29) is 12.1 Å². The Morgan fingerprint density at radius 2 is 1.96 bits per heavy atom. The van der Waals surface area contributed by atoms with Crippen LogP contribution in [0.5, 0.6) is 0 Å². The van der Waals surface area contributed by atoms with Gasteiger partial charge in [0.2, 0.25) is 0 Å². The van der Waals surface area contributed by atoms with Crippen molar-refractivity contribution in [3.63, 3.8) is 0 Å². The highest BCUT2D eigenvalue weighted by molar-refractivity contribution is 5.94.